The van der Waals surface area contributed by atoms with Crippen molar-refractivity contribution in [2.75, 3.05) is 21.3 Å². The molecule has 6 rings (SSSR count). The number of aromatic nitrogens is 3. The molecule has 3 heterocycles. The predicted octanol–water partition coefficient (Wildman–Crippen LogP) is 4.06. The van der Waals surface area contributed by atoms with Crippen LogP contribution in [0.3, 0.4) is 0 Å². The molecule has 0 spiro atoms. The first-order valence-corrected chi connectivity index (χ1v) is 14.7. The molecular formula is C34H28N4O6S. The summed E-state index contributed by atoms with van der Waals surface area (Å²) in [4.78, 5) is 44.3. The zero-order valence-electron chi connectivity index (χ0n) is 24.9. The highest BCUT2D eigenvalue weighted by Crippen LogP contribution is 2.31. The molecule has 5 aromatic rings. The van der Waals surface area contributed by atoms with E-state index in [2.05, 4.69) is 4.99 Å². The van der Waals surface area contributed by atoms with Crippen LogP contribution in [0.25, 0.3) is 23.0 Å². The van der Waals surface area contributed by atoms with Gasteiger partial charge in [0.15, 0.2) is 4.80 Å². The second-order valence-electron chi connectivity index (χ2n) is 10.1. The van der Waals surface area contributed by atoms with Gasteiger partial charge < -0.3 is 14.2 Å². The number of fused-ring (bicyclic) bond motifs is 1. The Hall–Kier alpha value is -5.55. The van der Waals surface area contributed by atoms with Crippen LogP contribution < -0.4 is 19.6 Å². The van der Waals surface area contributed by atoms with E-state index in [1.807, 2.05) is 60.8 Å². The van der Waals surface area contributed by atoms with Crippen LogP contribution in [0.2, 0.25) is 0 Å². The maximum atomic E-state index is 14.2. The number of para-hydroxylation sites is 1. The van der Waals surface area contributed by atoms with Gasteiger partial charge in [-0.1, -0.05) is 41.7 Å². The molecule has 1 atom stereocenters. The SMILES string of the molecule is COC(=O)C1=C(C)N=c2sc(=Cc3cn(-c4ccccc4)nc3-c3ccc(OC)cc3)c(=O)n2C1c1ccc(C(=O)OC)cc1. The molecule has 11 heteroatoms. The van der Waals surface area contributed by atoms with E-state index in [1.54, 1.807) is 49.1 Å². The Morgan fingerprint density at radius 1 is 0.889 bits per heavy atom. The van der Waals surface area contributed by atoms with Gasteiger partial charge in [0.25, 0.3) is 5.56 Å². The van der Waals surface area contributed by atoms with Crippen LogP contribution in [-0.4, -0.2) is 47.6 Å². The van der Waals surface area contributed by atoms with E-state index in [0.29, 0.717) is 37.6 Å². The molecule has 226 valence electrons. The monoisotopic (exact) mass is 620 g/mol. The lowest BCUT2D eigenvalue weighted by atomic mass is 9.95. The molecule has 3 aromatic carbocycles. The summed E-state index contributed by atoms with van der Waals surface area (Å²) in [5.41, 5.74) is 4.40. The number of hydrogen-bond acceptors (Lipinski definition) is 9. The molecule has 0 saturated carbocycles. The molecule has 1 aliphatic rings. The molecular weight excluding hydrogens is 592 g/mol. The van der Waals surface area contributed by atoms with Gasteiger partial charge in [0.05, 0.1) is 54.4 Å². The van der Waals surface area contributed by atoms with E-state index in [1.165, 1.54) is 30.1 Å². The lowest BCUT2D eigenvalue weighted by molar-refractivity contribution is -0.136. The van der Waals surface area contributed by atoms with Crippen molar-refractivity contribution >= 4 is 29.4 Å². The summed E-state index contributed by atoms with van der Waals surface area (Å²) in [6, 6.07) is 23.0. The fourth-order valence-corrected chi connectivity index (χ4v) is 6.29. The molecule has 45 heavy (non-hydrogen) atoms. The molecule has 2 aromatic heterocycles. The third kappa shape index (κ3) is 5.49. The van der Waals surface area contributed by atoms with E-state index in [9.17, 15) is 14.4 Å². The van der Waals surface area contributed by atoms with Crippen molar-refractivity contribution < 1.29 is 23.8 Å². The number of esters is 2. The quantitative estimate of drug-likeness (QED) is 0.252. The minimum absolute atomic E-state index is 0.234. The van der Waals surface area contributed by atoms with Gasteiger partial charge in [0.1, 0.15) is 11.4 Å². The van der Waals surface area contributed by atoms with E-state index < -0.39 is 18.0 Å². The Labute approximate surface area is 261 Å². The van der Waals surface area contributed by atoms with Crippen LogP contribution in [0, 0.1) is 0 Å². The lowest BCUT2D eigenvalue weighted by Crippen LogP contribution is -2.39. The first-order valence-electron chi connectivity index (χ1n) is 13.9. The van der Waals surface area contributed by atoms with Gasteiger partial charge in [0.2, 0.25) is 0 Å². The molecule has 0 N–H and O–H groups in total. The second kappa shape index (κ2) is 12.2. The Balaban J connectivity index is 1.54. The molecule has 0 aliphatic carbocycles. The summed E-state index contributed by atoms with van der Waals surface area (Å²) in [5, 5.41) is 4.87. The summed E-state index contributed by atoms with van der Waals surface area (Å²) >= 11 is 1.22. The summed E-state index contributed by atoms with van der Waals surface area (Å²) in [5.74, 6) is -0.375. The molecule has 1 aliphatic heterocycles. The van der Waals surface area contributed by atoms with Gasteiger partial charge in [-0.3, -0.25) is 9.36 Å². The number of carbonyl (C=O) groups excluding carboxylic acids is 2. The van der Waals surface area contributed by atoms with Gasteiger partial charge >= 0.3 is 11.9 Å². The van der Waals surface area contributed by atoms with Crippen LogP contribution in [-0.2, 0) is 14.3 Å². The van der Waals surface area contributed by atoms with Gasteiger partial charge in [-0.25, -0.2) is 19.3 Å². The zero-order valence-corrected chi connectivity index (χ0v) is 25.7. The normalized spacial score (nSPS) is 14.5. The van der Waals surface area contributed by atoms with Crippen molar-refractivity contribution in [1.82, 2.24) is 14.3 Å². The number of hydrogen-bond donors (Lipinski definition) is 0. The van der Waals surface area contributed by atoms with Gasteiger partial charge in [-0.05, 0) is 67.1 Å². The molecule has 0 saturated heterocycles. The maximum Gasteiger partial charge on any atom is 0.338 e. The van der Waals surface area contributed by atoms with Crippen molar-refractivity contribution in [1.29, 1.82) is 0 Å². The van der Waals surface area contributed by atoms with Gasteiger partial charge in [-0.15, -0.1) is 0 Å². The van der Waals surface area contributed by atoms with Crippen molar-refractivity contribution in [2.45, 2.75) is 13.0 Å². The number of rotatable bonds is 7. The van der Waals surface area contributed by atoms with Gasteiger partial charge in [0, 0.05) is 17.3 Å². The number of nitrogens with zero attached hydrogens (tertiary/aromatic N) is 4. The highest BCUT2D eigenvalue weighted by Gasteiger charge is 2.33. The standard InChI is InChI=1S/C34H28N4O6S/c1-20-28(33(41)44-4)30(22-10-12-23(13-11-22)32(40)43-3)38-31(39)27(45-34(38)35-20)18-24-19-37(25-8-6-5-7-9-25)36-29(24)21-14-16-26(42-2)17-15-21/h5-19,30H,1-4H3. The van der Waals surface area contributed by atoms with Crippen LogP contribution >= 0.6 is 11.3 Å². The first kappa shape index (κ1) is 29.5. The fraction of sp³-hybridized carbons (Fsp3) is 0.147. The molecule has 0 fully saturated rings. The predicted molar refractivity (Wildman–Crippen MR) is 169 cm³/mol. The average Bonchev–Trinajstić information content (AvgIpc) is 3.64. The number of allylic oxidation sites excluding steroid dienone is 1. The highest BCUT2D eigenvalue weighted by atomic mass is 32.1. The largest absolute Gasteiger partial charge is 0.497 e. The number of thiazole rings is 1. The third-order valence-corrected chi connectivity index (χ3v) is 8.47. The Morgan fingerprint density at radius 2 is 1.58 bits per heavy atom. The topological polar surface area (TPSA) is 114 Å². The van der Waals surface area contributed by atoms with Crippen LogP contribution in [0.1, 0.15) is 34.5 Å². The summed E-state index contributed by atoms with van der Waals surface area (Å²) in [6.07, 6.45) is 3.67. The highest BCUT2D eigenvalue weighted by molar-refractivity contribution is 7.07. The van der Waals surface area contributed by atoms with E-state index in [4.69, 9.17) is 19.3 Å². The van der Waals surface area contributed by atoms with Crippen molar-refractivity contribution in [3.8, 4) is 22.7 Å². The Morgan fingerprint density at radius 3 is 2.22 bits per heavy atom. The van der Waals surface area contributed by atoms with Crippen LogP contribution in [0.4, 0.5) is 0 Å². The summed E-state index contributed by atoms with van der Waals surface area (Å²) < 4.78 is 18.9. The van der Waals surface area contributed by atoms with Crippen molar-refractivity contribution in [2.24, 2.45) is 4.99 Å². The second-order valence-corrected chi connectivity index (χ2v) is 11.1. The van der Waals surface area contributed by atoms with Gasteiger partial charge in [-0.2, -0.15) is 5.10 Å². The maximum absolute atomic E-state index is 14.2. The molecule has 0 bridgehead atoms. The minimum Gasteiger partial charge on any atom is -0.497 e. The molecule has 10 nitrogen and oxygen atoms in total. The van der Waals surface area contributed by atoms with E-state index >= 15 is 0 Å². The lowest BCUT2D eigenvalue weighted by Gasteiger charge is -2.24. The number of methoxy groups -OCH3 is 3. The van der Waals surface area contributed by atoms with E-state index in [-0.39, 0.29) is 11.1 Å². The van der Waals surface area contributed by atoms with Crippen LogP contribution in [0.15, 0.2) is 106 Å². The van der Waals surface area contributed by atoms with Crippen molar-refractivity contribution in [3.05, 3.63) is 133 Å². The summed E-state index contributed by atoms with van der Waals surface area (Å²) in [6.45, 7) is 1.71. The fourth-order valence-electron chi connectivity index (χ4n) is 5.25. The van der Waals surface area contributed by atoms with Crippen molar-refractivity contribution in [3.63, 3.8) is 0 Å². The first-order chi connectivity index (χ1) is 21.8. The average molecular weight is 621 g/mol. The Bertz CT molecular complexity index is 2130. The number of ether oxygens (including phenoxy) is 3. The number of carbonyl (C=O) groups is 2. The Kier molecular flexibility index (Phi) is 8.01. The smallest absolute Gasteiger partial charge is 0.338 e. The third-order valence-electron chi connectivity index (χ3n) is 7.49. The summed E-state index contributed by atoms with van der Waals surface area (Å²) in [7, 11) is 4.20. The van der Waals surface area contributed by atoms with E-state index in [0.717, 1.165) is 16.8 Å². The minimum atomic E-state index is -0.823. The number of benzene rings is 3. The molecule has 0 radical (unpaired) electrons. The zero-order chi connectivity index (χ0) is 31.7. The molecule has 0 amide bonds. The van der Waals surface area contributed by atoms with Crippen LogP contribution in [0.5, 0.6) is 5.75 Å². The molecule has 1 unspecified atom stereocenters.